The van der Waals surface area contributed by atoms with Crippen molar-refractivity contribution in [3.63, 3.8) is 0 Å². The molecule has 0 aromatic carbocycles. The maximum Gasteiger partial charge on any atom is 0.278 e. The number of aromatic nitrogens is 4. The van der Waals surface area contributed by atoms with Gasteiger partial charge in [0.1, 0.15) is 5.82 Å². The third kappa shape index (κ3) is 2.13. The van der Waals surface area contributed by atoms with E-state index in [4.69, 9.17) is 10.9 Å². The number of hydrogen-bond donors (Lipinski definition) is 3. The van der Waals surface area contributed by atoms with Crippen molar-refractivity contribution in [1.82, 2.24) is 19.4 Å². The molecule has 94 valence electrons. The van der Waals surface area contributed by atoms with Crippen molar-refractivity contribution in [2.75, 3.05) is 5.32 Å². The maximum atomic E-state index is 11.8. The Kier molecular flexibility index (Phi) is 3.19. The van der Waals surface area contributed by atoms with Gasteiger partial charge in [-0.2, -0.15) is 5.10 Å². The van der Waals surface area contributed by atoms with Crippen LogP contribution in [0, 0.1) is 0 Å². The number of amidine groups is 1. The monoisotopic (exact) mass is 267 g/mol. The lowest BCUT2D eigenvalue weighted by Gasteiger charge is -2.05. The first kappa shape index (κ1) is 12.0. The number of rotatable bonds is 3. The Hall–Kier alpha value is -2.49. The molecule has 2 aromatic heterocycles. The zero-order valence-electron chi connectivity index (χ0n) is 9.23. The van der Waals surface area contributed by atoms with Gasteiger partial charge in [0.05, 0.1) is 11.8 Å². The molecule has 0 atom stereocenters. The SMILES string of the molecule is Cn1ncc(C(N)=NO)c1NC(=O)c1csnn1. The van der Waals surface area contributed by atoms with Crippen LogP contribution < -0.4 is 11.1 Å². The second kappa shape index (κ2) is 4.79. The van der Waals surface area contributed by atoms with E-state index in [0.29, 0.717) is 11.4 Å². The first-order chi connectivity index (χ1) is 8.63. The van der Waals surface area contributed by atoms with Gasteiger partial charge in [-0.1, -0.05) is 9.64 Å². The van der Waals surface area contributed by atoms with Gasteiger partial charge < -0.3 is 16.3 Å². The van der Waals surface area contributed by atoms with E-state index in [1.165, 1.54) is 16.3 Å². The molecule has 0 radical (unpaired) electrons. The van der Waals surface area contributed by atoms with Crippen LogP contribution in [-0.4, -0.2) is 36.3 Å². The van der Waals surface area contributed by atoms with Crippen LogP contribution >= 0.6 is 11.5 Å². The Labute approximate surface area is 105 Å². The molecule has 0 aliphatic rings. The van der Waals surface area contributed by atoms with Crippen LogP contribution in [0.5, 0.6) is 0 Å². The number of amides is 1. The number of carbonyl (C=O) groups excluding carboxylic acids is 1. The summed E-state index contributed by atoms with van der Waals surface area (Å²) in [6, 6.07) is 0. The summed E-state index contributed by atoms with van der Waals surface area (Å²) in [6.07, 6.45) is 1.38. The lowest BCUT2D eigenvalue weighted by atomic mass is 10.3. The molecule has 4 N–H and O–H groups in total. The fourth-order valence-electron chi connectivity index (χ4n) is 1.26. The number of anilines is 1. The van der Waals surface area contributed by atoms with Gasteiger partial charge in [-0.05, 0) is 11.5 Å². The predicted octanol–water partition coefficient (Wildman–Crippen LogP) is -0.382. The van der Waals surface area contributed by atoms with E-state index < -0.39 is 5.91 Å². The highest BCUT2D eigenvalue weighted by atomic mass is 32.1. The smallest absolute Gasteiger partial charge is 0.278 e. The molecule has 0 bridgehead atoms. The highest BCUT2D eigenvalue weighted by Gasteiger charge is 2.17. The number of carbonyl (C=O) groups is 1. The molecule has 0 aliphatic carbocycles. The van der Waals surface area contributed by atoms with E-state index >= 15 is 0 Å². The summed E-state index contributed by atoms with van der Waals surface area (Å²) in [5.74, 6) is -0.280. The Morgan fingerprint density at radius 1 is 1.67 bits per heavy atom. The quantitative estimate of drug-likeness (QED) is 0.300. The number of oxime groups is 1. The topological polar surface area (TPSA) is 131 Å². The van der Waals surface area contributed by atoms with Crippen LogP contribution in [0.3, 0.4) is 0 Å². The first-order valence-corrected chi connectivity index (χ1v) is 5.55. The van der Waals surface area contributed by atoms with Gasteiger partial charge in [-0.3, -0.25) is 9.48 Å². The van der Waals surface area contributed by atoms with Crippen molar-refractivity contribution >= 4 is 29.1 Å². The molecular formula is C8H9N7O2S. The van der Waals surface area contributed by atoms with Crippen molar-refractivity contribution < 1.29 is 10.0 Å². The average Bonchev–Trinajstić information content (AvgIpc) is 2.99. The molecular weight excluding hydrogens is 258 g/mol. The molecule has 2 rings (SSSR count). The molecule has 9 nitrogen and oxygen atoms in total. The molecule has 10 heteroatoms. The van der Waals surface area contributed by atoms with Gasteiger partial charge >= 0.3 is 0 Å². The van der Waals surface area contributed by atoms with Crippen molar-refractivity contribution in [3.8, 4) is 0 Å². The summed E-state index contributed by atoms with van der Waals surface area (Å²) in [4.78, 5) is 11.8. The molecule has 0 unspecified atom stereocenters. The fourth-order valence-corrected chi connectivity index (χ4v) is 1.70. The first-order valence-electron chi connectivity index (χ1n) is 4.71. The van der Waals surface area contributed by atoms with E-state index in [9.17, 15) is 4.79 Å². The minimum Gasteiger partial charge on any atom is -0.409 e. The molecule has 18 heavy (non-hydrogen) atoms. The van der Waals surface area contributed by atoms with Gasteiger partial charge in [0, 0.05) is 12.4 Å². The minimum atomic E-state index is -0.445. The number of nitrogens with one attached hydrogen (secondary N) is 1. The molecule has 0 fully saturated rings. The van der Waals surface area contributed by atoms with Crippen molar-refractivity contribution in [2.45, 2.75) is 0 Å². The lowest BCUT2D eigenvalue weighted by Crippen LogP contribution is -2.20. The highest BCUT2D eigenvalue weighted by molar-refractivity contribution is 7.03. The highest BCUT2D eigenvalue weighted by Crippen LogP contribution is 2.14. The number of nitrogens with two attached hydrogens (primary N) is 1. The maximum absolute atomic E-state index is 11.8. The third-order valence-electron chi connectivity index (χ3n) is 2.15. The van der Waals surface area contributed by atoms with Crippen molar-refractivity contribution in [2.24, 2.45) is 17.9 Å². The van der Waals surface area contributed by atoms with E-state index in [0.717, 1.165) is 11.5 Å². The lowest BCUT2D eigenvalue weighted by molar-refractivity contribution is 0.102. The van der Waals surface area contributed by atoms with Crippen LogP contribution in [0.4, 0.5) is 5.82 Å². The zero-order chi connectivity index (χ0) is 13.1. The van der Waals surface area contributed by atoms with Gasteiger partial charge in [0.15, 0.2) is 11.5 Å². The Morgan fingerprint density at radius 3 is 3.06 bits per heavy atom. The van der Waals surface area contributed by atoms with Crippen LogP contribution in [0.15, 0.2) is 16.7 Å². The summed E-state index contributed by atoms with van der Waals surface area (Å²) >= 11 is 1.07. The number of hydrogen-bond acceptors (Lipinski definition) is 7. The summed E-state index contributed by atoms with van der Waals surface area (Å²) in [7, 11) is 1.61. The fraction of sp³-hybridized carbons (Fsp3) is 0.125. The normalized spacial score (nSPS) is 11.5. The Balaban J connectivity index is 2.29. The molecule has 0 saturated carbocycles. The largest absolute Gasteiger partial charge is 0.409 e. The predicted molar refractivity (Wildman–Crippen MR) is 63.6 cm³/mol. The van der Waals surface area contributed by atoms with E-state index in [1.807, 2.05) is 0 Å². The second-order valence-electron chi connectivity index (χ2n) is 3.26. The van der Waals surface area contributed by atoms with Crippen LogP contribution in [0.1, 0.15) is 16.1 Å². The van der Waals surface area contributed by atoms with Gasteiger partial charge in [0.25, 0.3) is 5.91 Å². The van der Waals surface area contributed by atoms with E-state index in [1.54, 1.807) is 7.05 Å². The molecule has 0 spiro atoms. The average molecular weight is 267 g/mol. The molecule has 2 aromatic rings. The molecule has 0 aliphatic heterocycles. The summed E-state index contributed by atoms with van der Waals surface area (Å²) < 4.78 is 4.98. The standard InChI is InChI=1S/C8H9N7O2S/c1-15-7(4(2-10-15)6(9)13-17)11-8(16)5-3-18-14-12-5/h2-3,17H,1H3,(H2,9,13)(H,11,16). The molecule has 2 heterocycles. The van der Waals surface area contributed by atoms with Crippen LogP contribution in [0.2, 0.25) is 0 Å². The Bertz CT molecular complexity index is 589. The van der Waals surface area contributed by atoms with Gasteiger partial charge in [-0.25, -0.2) is 0 Å². The minimum absolute atomic E-state index is 0.144. The van der Waals surface area contributed by atoms with E-state index in [2.05, 4.69) is 25.2 Å². The van der Waals surface area contributed by atoms with Gasteiger partial charge in [-0.15, -0.1) is 5.10 Å². The second-order valence-corrected chi connectivity index (χ2v) is 3.87. The molecule has 1 amide bonds. The van der Waals surface area contributed by atoms with Crippen LogP contribution in [-0.2, 0) is 7.05 Å². The van der Waals surface area contributed by atoms with Crippen molar-refractivity contribution in [3.05, 3.63) is 22.8 Å². The third-order valence-corrected chi connectivity index (χ3v) is 2.65. The summed E-state index contributed by atoms with van der Waals surface area (Å²) in [5, 5.41) is 23.1. The van der Waals surface area contributed by atoms with Crippen molar-refractivity contribution in [1.29, 1.82) is 0 Å². The summed E-state index contributed by atoms with van der Waals surface area (Å²) in [5.41, 5.74) is 5.98. The molecule has 0 saturated heterocycles. The van der Waals surface area contributed by atoms with Gasteiger partial charge in [0.2, 0.25) is 0 Å². The zero-order valence-corrected chi connectivity index (χ0v) is 10.0. The van der Waals surface area contributed by atoms with Crippen LogP contribution in [0.25, 0.3) is 0 Å². The Morgan fingerprint density at radius 2 is 2.44 bits per heavy atom. The van der Waals surface area contributed by atoms with E-state index in [-0.39, 0.29) is 11.5 Å². The number of aryl methyl sites for hydroxylation is 1. The summed E-state index contributed by atoms with van der Waals surface area (Å²) in [6.45, 7) is 0. The number of nitrogens with zero attached hydrogens (tertiary/aromatic N) is 5.